The standard InChI is InChI=1S/C19H28O6/c1-5-6-7-8-9-15(4)22-19(21)24-25-23-18(20)17-12-10-16(11-13-17)14(2)3/h10-15H,5-9H2,1-4H3. The molecular weight excluding hydrogens is 324 g/mol. The molecule has 1 unspecified atom stereocenters. The first-order chi connectivity index (χ1) is 11.9. The van der Waals surface area contributed by atoms with Crippen molar-refractivity contribution in [2.75, 3.05) is 0 Å². The van der Waals surface area contributed by atoms with E-state index in [1.807, 2.05) is 12.1 Å². The number of hydrogen-bond acceptors (Lipinski definition) is 6. The lowest BCUT2D eigenvalue weighted by Gasteiger charge is -2.11. The Morgan fingerprint density at radius 1 is 0.960 bits per heavy atom. The van der Waals surface area contributed by atoms with Crippen LogP contribution in [0.3, 0.4) is 0 Å². The second kappa shape index (κ2) is 11.5. The molecule has 0 heterocycles. The van der Waals surface area contributed by atoms with E-state index in [4.69, 9.17) is 4.74 Å². The lowest BCUT2D eigenvalue weighted by molar-refractivity contribution is -0.452. The predicted molar refractivity (Wildman–Crippen MR) is 92.8 cm³/mol. The zero-order chi connectivity index (χ0) is 18.7. The second-order valence-electron chi connectivity index (χ2n) is 6.33. The summed E-state index contributed by atoms with van der Waals surface area (Å²) in [6.07, 6.45) is 3.81. The molecule has 0 saturated carbocycles. The summed E-state index contributed by atoms with van der Waals surface area (Å²) in [5, 5.41) is 4.21. The molecule has 25 heavy (non-hydrogen) atoms. The molecule has 0 bridgehead atoms. The molecule has 1 aromatic carbocycles. The van der Waals surface area contributed by atoms with Crippen molar-refractivity contribution >= 4 is 12.1 Å². The highest BCUT2D eigenvalue weighted by atomic mass is 17.5. The maximum atomic E-state index is 11.8. The Morgan fingerprint density at radius 2 is 1.64 bits per heavy atom. The highest BCUT2D eigenvalue weighted by Crippen LogP contribution is 2.15. The van der Waals surface area contributed by atoms with Crippen LogP contribution in [0.4, 0.5) is 4.79 Å². The summed E-state index contributed by atoms with van der Waals surface area (Å²) in [5.41, 5.74) is 1.40. The fourth-order valence-electron chi connectivity index (χ4n) is 2.23. The smallest absolute Gasteiger partial charge is 0.429 e. The van der Waals surface area contributed by atoms with Gasteiger partial charge in [-0.1, -0.05) is 52.2 Å². The third-order valence-electron chi connectivity index (χ3n) is 3.79. The highest BCUT2D eigenvalue weighted by Gasteiger charge is 2.15. The van der Waals surface area contributed by atoms with Crippen LogP contribution in [0.15, 0.2) is 24.3 Å². The first-order valence-electron chi connectivity index (χ1n) is 8.80. The van der Waals surface area contributed by atoms with Gasteiger partial charge in [0, 0.05) is 0 Å². The Kier molecular flexibility index (Phi) is 9.62. The highest BCUT2D eigenvalue weighted by molar-refractivity contribution is 5.88. The minimum atomic E-state index is -1.04. The average molecular weight is 352 g/mol. The van der Waals surface area contributed by atoms with Gasteiger partial charge in [0.15, 0.2) is 0 Å². The first-order valence-corrected chi connectivity index (χ1v) is 8.80. The van der Waals surface area contributed by atoms with Crippen LogP contribution in [0.1, 0.15) is 81.6 Å². The number of unbranched alkanes of at least 4 members (excludes halogenated alkanes) is 3. The van der Waals surface area contributed by atoms with Crippen LogP contribution < -0.4 is 0 Å². The first kappa shape index (κ1) is 21.0. The minimum Gasteiger partial charge on any atom is -0.429 e. The van der Waals surface area contributed by atoms with Crippen molar-refractivity contribution in [3.63, 3.8) is 0 Å². The molecule has 0 radical (unpaired) electrons. The van der Waals surface area contributed by atoms with Gasteiger partial charge in [0.2, 0.25) is 0 Å². The van der Waals surface area contributed by atoms with Gasteiger partial charge in [-0.25, -0.2) is 14.5 Å². The molecule has 0 amide bonds. The molecule has 0 saturated heterocycles. The molecule has 1 rings (SSSR count). The maximum Gasteiger partial charge on any atom is 0.543 e. The summed E-state index contributed by atoms with van der Waals surface area (Å²) >= 11 is 0. The third-order valence-corrected chi connectivity index (χ3v) is 3.79. The largest absolute Gasteiger partial charge is 0.543 e. The van der Waals surface area contributed by atoms with Crippen LogP contribution in [0.2, 0.25) is 0 Å². The number of rotatable bonds is 10. The van der Waals surface area contributed by atoms with Gasteiger partial charge in [0.05, 0.1) is 10.6 Å². The number of carbonyl (C=O) groups excluding carboxylic acids is 2. The van der Waals surface area contributed by atoms with Crippen LogP contribution in [-0.2, 0) is 19.6 Å². The third kappa shape index (κ3) is 8.54. The van der Waals surface area contributed by atoms with E-state index >= 15 is 0 Å². The SMILES string of the molecule is CCCCCCC(C)OC(=O)OOOC(=O)c1ccc(C(C)C)cc1. The molecule has 0 aliphatic rings. The van der Waals surface area contributed by atoms with Gasteiger partial charge in [-0.15, -0.1) is 0 Å². The number of ether oxygens (including phenoxy) is 1. The molecule has 1 aromatic rings. The summed E-state index contributed by atoms with van der Waals surface area (Å²) in [5.74, 6) is -0.390. The van der Waals surface area contributed by atoms with Crippen molar-refractivity contribution in [3.05, 3.63) is 35.4 Å². The van der Waals surface area contributed by atoms with Gasteiger partial charge in [0.25, 0.3) is 0 Å². The van der Waals surface area contributed by atoms with Crippen LogP contribution in [0, 0.1) is 0 Å². The van der Waals surface area contributed by atoms with Gasteiger partial charge in [-0.2, -0.15) is 0 Å². The fraction of sp³-hybridized carbons (Fsp3) is 0.579. The van der Waals surface area contributed by atoms with Gasteiger partial charge < -0.3 is 4.74 Å². The fourth-order valence-corrected chi connectivity index (χ4v) is 2.23. The van der Waals surface area contributed by atoms with E-state index in [0.29, 0.717) is 11.5 Å². The lowest BCUT2D eigenvalue weighted by atomic mass is 10.0. The average Bonchev–Trinajstić information content (AvgIpc) is 2.58. The molecule has 6 nitrogen and oxygen atoms in total. The topological polar surface area (TPSA) is 71.1 Å². The van der Waals surface area contributed by atoms with Gasteiger partial charge in [-0.3, -0.25) is 4.89 Å². The Balaban J connectivity index is 2.24. The van der Waals surface area contributed by atoms with Crippen LogP contribution in [-0.4, -0.2) is 18.2 Å². The maximum absolute atomic E-state index is 11.8. The molecule has 0 spiro atoms. The summed E-state index contributed by atoms with van der Waals surface area (Å²) in [4.78, 5) is 31.9. The van der Waals surface area contributed by atoms with E-state index in [0.717, 1.165) is 37.7 Å². The Morgan fingerprint density at radius 3 is 2.24 bits per heavy atom. The van der Waals surface area contributed by atoms with Crippen molar-refractivity contribution in [3.8, 4) is 0 Å². The van der Waals surface area contributed by atoms with Crippen molar-refractivity contribution in [2.24, 2.45) is 0 Å². The molecule has 0 N–H and O–H groups in total. The summed E-state index contributed by atoms with van der Waals surface area (Å²) in [7, 11) is 0. The van der Waals surface area contributed by atoms with E-state index in [-0.39, 0.29) is 6.10 Å². The second-order valence-corrected chi connectivity index (χ2v) is 6.33. The number of benzene rings is 1. The Hall–Kier alpha value is -2.08. The Labute approximate surface area is 149 Å². The number of carbonyl (C=O) groups is 2. The summed E-state index contributed by atoms with van der Waals surface area (Å²) in [6, 6.07) is 6.91. The molecule has 140 valence electrons. The van der Waals surface area contributed by atoms with E-state index in [2.05, 4.69) is 35.6 Å². The van der Waals surface area contributed by atoms with Crippen LogP contribution in [0.25, 0.3) is 0 Å². The quantitative estimate of drug-likeness (QED) is 0.245. The van der Waals surface area contributed by atoms with Crippen molar-refractivity contribution in [2.45, 2.75) is 71.8 Å². The van der Waals surface area contributed by atoms with Crippen molar-refractivity contribution in [1.82, 2.24) is 0 Å². The summed E-state index contributed by atoms with van der Waals surface area (Å²) < 4.78 is 4.98. The van der Waals surface area contributed by atoms with Gasteiger partial charge in [0.1, 0.15) is 6.10 Å². The molecule has 1 atom stereocenters. The Bertz CT molecular complexity index is 523. The van der Waals surface area contributed by atoms with E-state index in [1.54, 1.807) is 19.1 Å². The molecular formula is C19H28O6. The molecule has 6 heteroatoms. The van der Waals surface area contributed by atoms with Crippen molar-refractivity contribution in [1.29, 1.82) is 0 Å². The van der Waals surface area contributed by atoms with E-state index in [9.17, 15) is 9.59 Å². The number of hydrogen-bond donors (Lipinski definition) is 0. The van der Waals surface area contributed by atoms with Gasteiger partial charge in [-0.05, 0) is 43.4 Å². The van der Waals surface area contributed by atoms with Crippen LogP contribution >= 0.6 is 0 Å². The van der Waals surface area contributed by atoms with Crippen LogP contribution in [0.5, 0.6) is 0 Å². The van der Waals surface area contributed by atoms with E-state index < -0.39 is 12.1 Å². The molecule has 0 aromatic heterocycles. The van der Waals surface area contributed by atoms with Crippen molar-refractivity contribution < 1.29 is 29.1 Å². The zero-order valence-electron chi connectivity index (χ0n) is 15.4. The zero-order valence-corrected chi connectivity index (χ0v) is 15.4. The normalized spacial score (nSPS) is 11.9. The van der Waals surface area contributed by atoms with Gasteiger partial charge >= 0.3 is 12.1 Å². The predicted octanol–water partition coefficient (Wildman–Crippen LogP) is 5.33. The molecule has 0 aliphatic carbocycles. The molecule has 0 fully saturated rings. The minimum absolute atomic E-state index is 0.285. The van der Waals surface area contributed by atoms with E-state index in [1.165, 1.54) is 0 Å². The lowest BCUT2D eigenvalue weighted by Crippen LogP contribution is -2.17. The monoisotopic (exact) mass is 352 g/mol. The summed E-state index contributed by atoms with van der Waals surface area (Å²) in [6.45, 7) is 8.02. The molecule has 0 aliphatic heterocycles.